The maximum atomic E-state index is 12.8. The van der Waals surface area contributed by atoms with Crippen LogP contribution in [0.15, 0.2) is 0 Å². The second kappa shape index (κ2) is 46.5. The molecule has 58 heavy (non-hydrogen) atoms. The molecule has 0 fully saturated rings. The second-order valence-electron chi connectivity index (χ2n) is 18.3. The molecule has 0 saturated heterocycles. The Morgan fingerprint density at radius 1 is 0.328 bits per heavy atom. The van der Waals surface area contributed by atoms with E-state index in [1.807, 2.05) is 0 Å². The zero-order valence-electron chi connectivity index (χ0n) is 39.5. The van der Waals surface area contributed by atoms with Gasteiger partial charge in [0.05, 0.1) is 0 Å². The van der Waals surface area contributed by atoms with Crippen molar-refractivity contribution in [2.75, 3.05) is 13.2 Å². The van der Waals surface area contributed by atoms with Gasteiger partial charge in [-0.2, -0.15) is 0 Å². The molecule has 0 radical (unpaired) electrons. The third-order valence-corrected chi connectivity index (χ3v) is 11.8. The fourth-order valence-corrected chi connectivity index (χ4v) is 7.86. The average Bonchev–Trinajstić information content (AvgIpc) is 3.21. The Balaban J connectivity index is 4.31. The smallest absolute Gasteiger partial charge is 0.306 e. The summed E-state index contributed by atoms with van der Waals surface area (Å²) in [5.74, 6) is -0.0118. The van der Waals surface area contributed by atoms with Gasteiger partial charge >= 0.3 is 17.9 Å². The lowest BCUT2D eigenvalue weighted by molar-refractivity contribution is -0.167. The summed E-state index contributed by atoms with van der Waals surface area (Å²) in [6.07, 6.45) is 47.9. The summed E-state index contributed by atoms with van der Waals surface area (Å²) < 4.78 is 16.8. The summed E-state index contributed by atoms with van der Waals surface area (Å²) in [5.41, 5.74) is 0. The van der Waals surface area contributed by atoms with Gasteiger partial charge in [0.1, 0.15) is 13.2 Å². The SMILES string of the molecule is CCCCCCCCCCCCCCCC(=O)OC[C@H](COC(=O)CCCCCCCCCCCCCC)OC(=O)CCCCCCCCCCCCCCC(C)C. The molecule has 0 spiro atoms. The minimum atomic E-state index is -0.760. The lowest BCUT2D eigenvalue weighted by atomic mass is 10.0. The molecule has 0 amide bonds. The van der Waals surface area contributed by atoms with E-state index in [9.17, 15) is 14.4 Å². The van der Waals surface area contributed by atoms with Crippen LogP contribution in [0.5, 0.6) is 0 Å². The molecule has 0 aliphatic rings. The normalized spacial score (nSPS) is 11.9. The average molecular weight is 821 g/mol. The van der Waals surface area contributed by atoms with Crippen LogP contribution in [-0.2, 0) is 28.6 Å². The lowest BCUT2D eigenvalue weighted by Gasteiger charge is -2.18. The predicted molar refractivity (Wildman–Crippen MR) is 247 cm³/mol. The Kier molecular flexibility index (Phi) is 45.2. The summed E-state index contributed by atoms with van der Waals surface area (Å²) in [5, 5.41) is 0. The van der Waals surface area contributed by atoms with E-state index in [1.54, 1.807) is 0 Å². The van der Waals surface area contributed by atoms with Gasteiger partial charge in [-0.25, -0.2) is 0 Å². The fourth-order valence-electron chi connectivity index (χ4n) is 7.86. The molecule has 344 valence electrons. The van der Waals surface area contributed by atoms with Crippen molar-refractivity contribution in [3.63, 3.8) is 0 Å². The van der Waals surface area contributed by atoms with Gasteiger partial charge in [-0.1, -0.05) is 252 Å². The number of ether oxygens (including phenoxy) is 3. The molecule has 0 unspecified atom stereocenters. The van der Waals surface area contributed by atoms with E-state index >= 15 is 0 Å². The van der Waals surface area contributed by atoms with E-state index in [0.29, 0.717) is 19.3 Å². The highest BCUT2D eigenvalue weighted by Crippen LogP contribution is 2.17. The molecule has 0 aromatic carbocycles. The van der Waals surface area contributed by atoms with Gasteiger partial charge in [0.15, 0.2) is 6.10 Å². The minimum absolute atomic E-state index is 0.0627. The topological polar surface area (TPSA) is 78.9 Å². The van der Waals surface area contributed by atoms with Crippen molar-refractivity contribution in [3.05, 3.63) is 0 Å². The third kappa shape index (κ3) is 45.5. The first-order chi connectivity index (χ1) is 28.4. The molecule has 6 heteroatoms. The predicted octanol–water partition coefficient (Wildman–Crippen LogP) is 16.7. The largest absolute Gasteiger partial charge is 0.462 e. The molecule has 0 aliphatic heterocycles. The zero-order chi connectivity index (χ0) is 42.4. The Bertz CT molecular complexity index is 872. The minimum Gasteiger partial charge on any atom is -0.462 e. The number of hydrogen-bond acceptors (Lipinski definition) is 6. The molecule has 0 aromatic heterocycles. The lowest BCUT2D eigenvalue weighted by Crippen LogP contribution is -2.30. The van der Waals surface area contributed by atoms with Crippen molar-refractivity contribution < 1.29 is 28.6 Å². The van der Waals surface area contributed by atoms with Crippen molar-refractivity contribution in [2.45, 2.75) is 297 Å². The summed E-state index contributed by atoms with van der Waals surface area (Å²) in [6, 6.07) is 0. The highest BCUT2D eigenvalue weighted by molar-refractivity contribution is 5.71. The van der Waals surface area contributed by atoms with Crippen molar-refractivity contribution in [1.82, 2.24) is 0 Å². The van der Waals surface area contributed by atoms with E-state index in [-0.39, 0.29) is 31.1 Å². The van der Waals surface area contributed by atoms with Gasteiger partial charge in [0.2, 0.25) is 0 Å². The van der Waals surface area contributed by atoms with Gasteiger partial charge in [-0.3, -0.25) is 14.4 Å². The summed E-state index contributed by atoms with van der Waals surface area (Å²) >= 11 is 0. The zero-order valence-corrected chi connectivity index (χ0v) is 39.5. The van der Waals surface area contributed by atoms with Crippen molar-refractivity contribution in [1.29, 1.82) is 0 Å². The van der Waals surface area contributed by atoms with Crippen LogP contribution in [0.4, 0.5) is 0 Å². The summed E-state index contributed by atoms with van der Waals surface area (Å²) in [6.45, 7) is 9.02. The molecular weight excluding hydrogens is 721 g/mol. The summed E-state index contributed by atoms with van der Waals surface area (Å²) in [4.78, 5) is 37.9. The van der Waals surface area contributed by atoms with E-state index in [4.69, 9.17) is 14.2 Å². The van der Waals surface area contributed by atoms with Crippen LogP contribution in [0.1, 0.15) is 291 Å². The maximum absolute atomic E-state index is 12.8. The second-order valence-corrected chi connectivity index (χ2v) is 18.3. The highest BCUT2D eigenvalue weighted by atomic mass is 16.6. The van der Waals surface area contributed by atoms with Crippen LogP contribution in [-0.4, -0.2) is 37.2 Å². The van der Waals surface area contributed by atoms with Crippen molar-refractivity contribution in [2.24, 2.45) is 5.92 Å². The number of carbonyl (C=O) groups is 3. The van der Waals surface area contributed by atoms with E-state index < -0.39 is 6.10 Å². The van der Waals surface area contributed by atoms with Gasteiger partial charge in [0, 0.05) is 19.3 Å². The van der Waals surface area contributed by atoms with E-state index in [1.165, 1.54) is 186 Å². The van der Waals surface area contributed by atoms with Gasteiger partial charge in [0.25, 0.3) is 0 Å². The van der Waals surface area contributed by atoms with Crippen LogP contribution in [0.3, 0.4) is 0 Å². The quantitative estimate of drug-likeness (QED) is 0.0346. The number of esters is 3. The molecule has 0 bridgehead atoms. The Hall–Kier alpha value is -1.59. The Labute approximate surface area is 361 Å². The fraction of sp³-hybridized carbons (Fsp3) is 0.942. The first-order valence-electron chi connectivity index (χ1n) is 25.9. The molecule has 0 heterocycles. The number of hydrogen-bond donors (Lipinski definition) is 0. The van der Waals surface area contributed by atoms with Crippen LogP contribution in [0.25, 0.3) is 0 Å². The molecule has 0 aromatic rings. The molecule has 0 saturated carbocycles. The van der Waals surface area contributed by atoms with Crippen LogP contribution in [0.2, 0.25) is 0 Å². The van der Waals surface area contributed by atoms with Crippen LogP contribution in [0, 0.1) is 5.92 Å². The van der Waals surface area contributed by atoms with Gasteiger partial charge < -0.3 is 14.2 Å². The van der Waals surface area contributed by atoms with E-state index in [2.05, 4.69) is 27.7 Å². The maximum Gasteiger partial charge on any atom is 0.306 e. The number of rotatable bonds is 47. The van der Waals surface area contributed by atoms with Crippen LogP contribution >= 0.6 is 0 Å². The monoisotopic (exact) mass is 821 g/mol. The first kappa shape index (κ1) is 56.4. The molecule has 0 aliphatic carbocycles. The molecule has 0 rings (SSSR count). The number of unbranched alkanes of at least 4 members (excludes halogenated alkanes) is 34. The Morgan fingerprint density at radius 3 is 0.845 bits per heavy atom. The standard InChI is InChI=1S/C52H100O6/c1-5-7-9-11-13-15-17-19-24-28-32-36-40-44-51(54)57-47-49(46-56-50(53)43-39-35-31-27-23-18-16-14-12-10-8-6-2)58-52(55)45-41-37-33-29-25-21-20-22-26-30-34-38-42-48(3)4/h48-49H,5-47H2,1-4H3/t49-/m0/s1. The first-order valence-corrected chi connectivity index (χ1v) is 25.9. The molecule has 6 nitrogen and oxygen atoms in total. The number of carbonyl (C=O) groups excluding carboxylic acids is 3. The van der Waals surface area contributed by atoms with E-state index in [0.717, 1.165) is 63.7 Å². The highest BCUT2D eigenvalue weighted by Gasteiger charge is 2.19. The third-order valence-electron chi connectivity index (χ3n) is 11.8. The molecule has 0 N–H and O–H groups in total. The Morgan fingerprint density at radius 2 is 0.569 bits per heavy atom. The molecule has 1 atom stereocenters. The summed E-state index contributed by atoms with van der Waals surface area (Å²) in [7, 11) is 0. The van der Waals surface area contributed by atoms with Crippen molar-refractivity contribution in [3.8, 4) is 0 Å². The molecular formula is C52H100O6. The van der Waals surface area contributed by atoms with Gasteiger partial charge in [-0.15, -0.1) is 0 Å². The van der Waals surface area contributed by atoms with Gasteiger partial charge in [-0.05, 0) is 25.2 Å². The van der Waals surface area contributed by atoms with Crippen molar-refractivity contribution >= 4 is 17.9 Å². The van der Waals surface area contributed by atoms with Crippen LogP contribution < -0.4 is 0 Å².